The maximum Gasteiger partial charge on any atom is 0.294 e. The average molecular weight is 345 g/mol. The van der Waals surface area contributed by atoms with Crippen LogP contribution >= 0.6 is 34.8 Å². The highest BCUT2D eigenvalue weighted by Gasteiger charge is 2.26. The summed E-state index contributed by atoms with van der Waals surface area (Å²) in [5.41, 5.74) is 0.888. The molecule has 1 aromatic heterocycles. The minimum atomic E-state index is -0.906. The molecule has 21 heavy (non-hydrogen) atoms. The van der Waals surface area contributed by atoms with Crippen LogP contribution < -0.4 is 0 Å². The van der Waals surface area contributed by atoms with E-state index in [1.54, 1.807) is 44.2 Å². The van der Waals surface area contributed by atoms with Gasteiger partial charge in [-0.1, -0.05) is 46.9 Å². The number of carbonyl (C=O) groups is 1. The van der Waals surface area contributed by atoms with Crippen LogP contribution in [0.15, 0.2) is 30.3 Å². The van der Waals surface area contributed by atoms with Gasteiger partial charge in [-0.2, -0.15) is 0 Å². The van der Waals surface area contributed by atoms with Crippen molar-refractivity contribution in [1.82, 2.24) is 4.98 Å². The molecule has 6 heteroatoms. The van der Waals surface area contributed by atoms with Crippen molar-refractivity contribution in [2.75, 3.05) is 0 Å². The zero-order valence-electron chi connectivity index (χ0n) is 11.4. The minimum absolute atomic E-state index is 0.338. The third kappa shape index (κ3) is 3.49. The lowest BCUT2D eigenvalue weighted by Crippen LogP contribution is -2.22. The molecule has 0 radical (unpaired) electrons. The van der Waals surface area contributed by atoms with E-state index in [0.717, 1.165) is 5.56 Å². The van der Waals surface area contributed by atoms with Gasteiger partial charge in [0.25, 0.3) is 6.47 Å². The van der Waals surface area contributed by atoms with E-state index in [4.69, 9.17) is 39.5 Å². The van der Waals surface area contributed by atoms with Crippen LogP contribution in [-0.4, -0.2) is 11.5 Å². The van der Waals surface area contributed by atoms with Crippen LogP contribution in [0.3, 0.4) is 0 Å². The van der Waals surface area contributed by atoms with Crippen LogP contribution in [0.1, 0.15) is 19.5 Å². The Morgan fingerprint density at radius 3 is 2.33 bits per heavy atom. The molecule has 0 aliphatic heterocycles. The van der Waals surface area contributed by atoms with Crippen molar-refractivity contribution < 1.29 is 9.53 Å². The van der Waals surface area contributed by atoms with Gasteiger partial charge in [-0.15, -0.1) is 0 Å². The van der Waals surface area contributed by atoms with E-state index < -0.39 is 5.60 Å². The van der Waals surface area contributed by atoms with Gasteiger partial charge < -0.3 is 4.74 Å². The molecule has 110 valence electrons. The van der Waals surface area contributed by atoms with Crippen LogP contribution in [0.4, 0.5) is 0 Å². The first-order valence-electron chi connectivity index (χ1n) is 6.09. The van der Waals surface area contributed by atoms with E-state index in [1.165, 1.54) is 0 Å². The highest BCUT2D eigenvalue weighted by Crippen LogP contribution is 2.36. The standard InChI is InChI=1S/C15H12Cl3NO2/c1-15(2,21-8-20)12-7-11(17)13(18)14(19-12)9-3-5-10(16)6-4-9/h3-8H,1-2H3. The van der Waals surface area contributed by atoms with Crippen molar-refractivity contribution in [3.63, 3.8) is 0 Å². The number of carbonyl (C=O) groups excluding carboxylic acids is 1. The van der Waals surface area contributed by atoms with Gasteiger partial charge in [0.2, 0.25) is 0 Å². The number of hydrogen-bond donors (Lipinski definition) is 0. The van der Waals surface area contributed by atoms with Gasteiger partial charge in [-0.25, -0.2) is 4.98 Å². The van der Waals surface area contributed by atoms with Crippen LogP contribution in [0.5, 0.6) is 0 Å². The Bertz CT molecular complexity index is 669. The van der Waals surface area contributed by atoms with Crippen molar-refractivity contribution in [2.45, 2.75) is 19.4 Å². The SMILES string of the molecule is CC(C)(OC=O)c1cc(Cl)c(Cl)c(-c2ccc(Cl)cc2)n1. The number of nitrogens with zero attached hydrogens (tertiary/aromatic N) is 1. The Labute approximate surface area is 137 Å². The number of rotatable bonds is 4. The Morgan fingerprint density at radius 1 is 1.14 bits per heavy atom. The van der Waals surface area contributed by atoms with Crippen LogP contribution in [-0.2, 0) is 15.1 Å². The fourth-order valence-electron chi connectivity index (χ4n) is 1.79. The predicted octanol–water partition coefficient (Wildman–Crippen LogP) is 5.12. The summed E-state index contributed by atoms with van der Waals surface area (Å²) in [7, 11) is 0. The molecule has 0 saturated heterocycles. The molecule has 0 saturated carbocycles. The highest BCUT2D eigenvalue weighted by molar-refractivity contribution is 6.43. The summed E-state index contributed by atoms with van der Waals surface area (Å²) in [6.45, 7) is 3.82. The zero-order chi connectivity index (χ0) is 15.6. The van der Waals surface area contributed by atoms with Gasteiger partial charge in [0.05, 0.1) is 21.4 Å². The number of halogens is 3. The molecule has 2 aromatic rings. The molecule has 0 bridgehead atoms. The zero-order valence-corrected chi connectivity index (χ0v) is 13.6. The third-order valence-corrected chi connectivity index (χ3v) is 4.02. The van der Waals surface area contributed by atoms with Crippen molar-refractivity contribution in [2.24, 2.45) is 0 Å². The summed E-state index contributed by atoms with van der Waals surface area (Å²) < 4.78 is 5.05. The average Bonchev–Trinajstić information content (AvgIpc) is 2.42. The van der Waals surface area contributed by atoms with Crippen molar-refractivity contribution in [3.05, 3.63) is 51.1 Å². The molecule has 1 aromatic carbocycles. The lowest BCUT2D eigenvalue weighted by Gasteiger charge is -2.23. The van der Waals surface area contributed by atoms with Gasteiger partial charge in [0.15, 0.2) is 0 Å². The summed E-state index contributed by atoms with van der Waals surface area (Å²) >= 11 is 18.3. The molecule has 0 spiro atoms. The van der Waals surface area contributed by atoms with Gasteiger partial charge in [0.1, 0.15) is 5.60 Å². The fraction of sp³-hybridized carbons (Fsp3) is 0.200. The quantitative estimate of drug-likeness (QED) is 0.723. The number of benzene rings is 1. The summed E-state index contributed by atoms with van der Waals surface area (Å²) in [5, 5.41) is 1.29. The second-order valence-electron chi connectivity index (χ2n) is 4.88. The summed E-state index contributed by atoms with van der Waals surface area (Å²) in [4.78, 5) is 15.1. The van der Waals surface area contributed by atoms with Gasteiger partial charge >= 0.3 is 0 Å². The lowest BCUT2D eigenvalue weighted by molar-refractivity contribution is -0.141. The Kier molecular flexibility index (Phi) is 4.77. The summed E-state index contributed by atoms with van der Waals surface area (Å²) in [6.07, 6.45) is 0. The molecular weight excluding hydrogens is 333 g/mol. The molecular formula is C15H12Cl3NO2. The first kappa shape index (κ1) is 16.1. The van der Waals surface area contributed by atoms with E-state index in [2.05, 4.69) is 4.98 Å². The minimum Gasteiger partial charge on any atom is -0.455 e. The molecule has 0 atom stereocenters. The summed E-state index contributed by atoms with van der Waals surface area (Å²) in [5.74, 6) is 0. The molecule has 2 rings (SSSR count). The van der Waals surface area contributed by atoms with Crippen molar-refractivity contribution in [3.8, 4) is 11.3 Å². The highest BCUT2D eigenvalue weighted by atomic mass is 35.5. The summed E-state index contributed by atoms with van der Waals surface area (Å²) in [6, 6.07) is 8.66. The maximum atomic E-state index is 10.6. The molecule has 0 aliphatic carbocycles. The Balaban J connectivity index is 2.58. The van der Waals surface area contributed by atoms with Crippen LogP contribution in [0.25, 0.3) is 11.3 Å². The Hall–Kier alpha value is -1.29. The van der Waals surface area contributed by atoms with E-state index in [1.807, 2.05) is 0 Å². The first-order valence-corrected chi connectivity index (χ1v) is 7.22. The second-order valence-corrected chi connectivity index (χ2v) is 6.10. The normalized spacial score (nSPS) is 11.3. The van der Waals surface area contributed by atoms with Crippen molar-refractivity contribution >= 4 is 41.3 Å². The van der Waals surface area contributed by atoms with Crippen LogP contribution in [0.2, 0.25) is 15.1 Å². The largest absolute Gasteiger partial charge is 0.455 e. The number of ether oxygens (including phenoxy) is 1. The van der Waals surface area contributed by atoms with Crippen LogP contribution in [0, 0.1) is 0 Å². The first-order chi connectivity index (χ1) is 9.85. The van der Waals surface area contributed by atoms with Gasteiger partial charge in [-0.3, -0.25) is 4.79 Å². The number of aromatic nitrogens is 1. The van der Waals surface area contributed by atoms with E-state index in [-0.39, 0.29) is 0 Å². The molecule has 1 heterocycles. The molecule has 3 nitrogen and oxygen atoms in total. The Morgan fingerprint density at radius 2 is 1.76 bits per heavy atom. The van der Waals surface area contributed by atoms with E-state index in [0.29, 0.717) is 32.9 Å². The lowest BCUT2D eigenvalue weighted by atomic mass is 10.0. The smallest absolute Gasteiger partial charge is 0.294 e. The molecule has 0 N–H and O–H groups in total. The van der Waals surface area contributed by atoms with Gasteiger partial charge in [-0.05, 0) is 32.0 Å². The van der Waals surface area contributed by atoms with E-state index in [9.17, 15) is 4.79 Å². The van der Waals surface area contributed by atoms with E-state index >= 15 is 0 Å². The number of hydrogen-bond acceptors (Lipinski definition) is 3. The number of pyridine rings is 1. The van der Waals surface area contributed by atoms with Crippen molar-refractivity contribution in [1.29, 1.82) is 0 Å². The molecule has 0 amide bonds. The third-order valence-electron chi connectivity index (χ3n) is 2.99. The predicted molar refractivity (Wildman–Crippen MR) is 84.9 cm³/mol. The molecule has 0 aliphatic rings. The van der Waals surface area contributed by atoms with Gasteiger partial charge in [0, 0.05) is 10.6 Å². The monoisotopic (exact) mass is 343 g/mol. The molecule has 0 fully saturated rings. The maximum absolute atomic E-state index is 10.6. The second kappa shape index (κ2) is 6.22. The topological polar surface area (TPSA) is 39.2 Å². The molecule has 0 unspecified atom stereocenters. The fourth-order valence-corrected chi connectivity index (χ4v) is 2.31.